The normalized spacial score (nSPS) is 11.8. The molecule has 0 heterocycles. The molecule has 7 heteroatoms. The zero-order chi connectivity index (χ0) is 9.23. The van der Waals surface area contributed by atoms with E-state index < -0.39 is 6.17 Å². The summed E-state index contributed by atoms with van der Waals surface area (Å²) in [4.78, 5) is 19.2. The smallest absolute Gasteiger partial charge is 0.0940 e. The van der Waals surface area contributed by atoms with E-state index in [1.54, 1.807) is 0 Å². The van der Waals surface area contributed by atoms with Crippen molar-refractivity contribution in [2.45, 2.75) is 25.4 Å². The maximum absolute atomic E-state index is 9.64. The molecule has 1 unspecified atom stereocenters. The van der Waals surface area contributed by atoms with Crippen molar-refractivity contribution in [3.63, 3.8) is 0 Å². The number of rotatable bonds is 8. The molecule has 0 aliphatic carbocycles. The molecule has 4 N–H and O–H groups in total. The van der Waals surface area contributed by atoms with E-state index in [4.69, 9.17) is 5.73 Å². The number of nitrogens with zero attached hydrogens (tertiary/aromatic N) is 2. The second-order valence-electron chi connectivity index (χ2n) is 2.32. The van der Waals surface area contributed by atoms with Gasteiger partial charge in [-0.15, -0.1) is 9.81 Å². The molecule has 0 saturated carbocycles. The monoisotopic (exact) mass is 175 g/mol. The van der Waals surface area contributed by atoms with Crippen LogP contribution in [0.1, 0.15) is 19.3 Å². The summed E-state index contributed by atoms with van der Waals surface area (Å²) in [6.45, 7) is 0.532. The summed E-state index contributed by atoms with van der Waals surface area (Å²) in [7, 11) is 0. The van der Waals surface area contributed by atoms with Crippen molar-refractivity contribution >= 4 is 0 Å². The summed E-state index contributed by atoms with van der Waals surface area (Å²) in [5, 5.41) is 4.91. The lowest BCUT2D eigenvalue weighted by Crippen LogP contribution is -2.33. The lowest BCUT2D eigenvalue weighted by Gasteiger charge is -2.07. The topological polar surface area (TPSA) is 109 Å². The maximum Gasteiger partial charge on any atom is 0.0940 e. The van der Waals surface area contributed by atoms with Crippen molar-refractivity contribution in [2.24, 2.45) is 16.3 Å². The minimum absolute atomic E-state index is 0.397. The Hall–Kier alpha value is -1.24. The van der Waals surface area contributed by atoms with Crippen LogP contribution in [0.2, 0.25) is 0 Å². The van der Waals surface area contributed by atoms with Gasteiger partial charge in [0.05, 0.1) is 11.5 Å². The number of nitrogens with two attached hydrogens (primary N) is 1. The molecular weight excluding hydrogens is 162 g/mol. The number of nitrogens with one attached hydrogen (secondary N) is 2. The van der Waals surface area contributed by atoms with E-state index in [0.717, 1.165) is 12.8 Å². The summed E-state index contributed by atoms with van der Waals surface area (Å²) in [5.74, 6) is 0. The van der Waals surface area contributed by atoms with Gasteiger partial charge in [0, 0.05) is 11.8 Å². The molecule has 0 amide bonds. The fraction of sp³-hybridized carbons (Fsp3) is 1.00. The summed E-state index contributed by atoms with van der Waals surface area (Å²) in [6, 6.07) is 0. The lowest BCUT2D eigenvalue weighted by atomic mass is 10.2. The molecule has 12 heavy (non-hydrogen) atoms. The Morgan fingerprint density at radius 3 is 2.58 bits per heavy atom. The van der Waals surface area contributed by atoms with Crippen LogP contribution in [0.4, 0.5) is 0 Å². The van der Waals surface area contributed by atoms with Gasteiger partial charge in [-0.3, -0.25) is 10.9 Å². The Morgan fingerprint density at radius 2 is 2.00 bits per heavy atom. The Labute approximate surface area is 70.0 Å². The standard InChI is InChI=1S/C5H13N5O2/c6-5(8-10-12)3-1-2-4-7-9-11/h5H,1-4,6H2,(H,7,11)(H,8,12). The van der Waals surface area contributed by atoms with Crippen LogP contribution in [0, 0.1) is 9.81 Å². The van der Waals surface area contributed by atoms with Crippen LogP contribution in [-0.2, 0) is 0 Å². The Morgan fingerprint density at radius 1 is 1.25 bits per heavy atom. The summed E-state index contributed by atoms with van der Waals surface area (Å²) in [6.07, 6.45) is 1.85. The molecule has 0 rings (SSSR count). The first kappa shape index (κ1) is 10.8. The Balaban J connectivity index is 3.07. The van der Waals surface area contributed by atoms with E-state index in [2.05, 4.69) is 21.4 Å². The molecule has 0 fully saturated rings. The number of hydrogen-bond donors (Lipinski definition) is 3. The van der Waals surface area contributed by atoms with Crippen LogP contribution in [0.3, 0.4) is 0 Å². The summed E-state index contributed by atoms with van der Waals surface area (Å²) in [5.41, 5.74) is 9.84. The summed E-state index contributed by atoms with van der Waals surface area (Å²) >= 11 is 0. The van der Waals surface area contributed by atoms with E-state index in [9.17, 15) is 9.81 Å². The maximum atomic E-state index is 9.64. The van der Waals surface area contributed by atoms with E-state index in [1.165, 1.54) is 0 Å². The fourth-order valence-electron chi connectivity index (χ4n) is 0.746. The zero-order valence-electron chi connectivity index (χ0n) is 6.69. The van der Waals surface area contributed by atoms with Gasteiger partial charge in [-0.05, 0) is 19.3 Å². The highest BCUT2D eigenvalue weighted by atomic mass is 16.3. The molecule has 70 valence electrons. The van der Waals surface area contributed by atoms with Crippen LogP contribution >= 0.6 is 0 Å². The second kappa shape index (κ2) is 7.86. The van der Waals surface area contributed by atoms with Gasteiger partial charge in [0.25, 0.3) is 0 Å². The first-order chi connectivity index (χ1) is 5.81. The van der Waals surface area contributed by atoms with Gasteiger partial charge in [-0.2, -0.15) is 0 Å². The number of hydrogen-bond acceptors (Lipinski definition) is 5. The average molecular weight is 175 g/mol. The predicted molar refractivity (Wildman–Crippen MR) is 44.6 cm³/mol. The minimum Gasteiger partial charge on any atom is -0.310 e. The van der Waals surface area contributed by atoms with Crippen molar-refractivity contribution in [2.75, 3.05) is 6.54 Å². The molecule has 0 aromatic heterocycles. The predicted octanol–water partition coefficient (Wildman–Crippen LogP) is -0.0165. The molecular formula is C5H13N5O2. The van der Waals surface area contributed by atoms with Crippen LogP contribution in [-0.4, -0.2) is 12.7 Å². The molecule has 0 aliphatic heterocycles. The fourth-order valence-corrected chi connectivity index (χ4v) is 0.746. The van der Waals surface area contributed by atoms with Crippen molar-refractivity contribution < 1.29 is 0 Å². The molecule has 0 saturated heterocycles. The van der Waals surface area contributed by atoms with Crippen LogP contribution in [0.5, 0.6) is 0 Å². The molecule has 7 nitrogen and oxygen atoms in total. The van der Waals surface area contributed by atoms with E-state index in [-0.39, 0.29) is 0 Å². The number of unbranched alkanes of at least 4 members (excludes halogenated alkanes) is 1. The highest BCUT2D eigenvalue weighted by Crippen LogP contribution is 1.95. The Kier molecular flexibility index (Phi) is 7.05. The van der Waals surface area contributed by atoms with Gasteiger partial charge >= 0.3 is 0 Å². The molecule has 0 spiro atoms. The third-order valence-corrected chi connectivity index (χ3v) is 1.34. The highest BCUT2D eigenvalue weighted by Gasteiger charge is 1.98. The van der Waals surface area contributed by atoms with Crippen LogP contribution < -0.4 is 16.6 Å². The van der Waals surface area contributed by atoms with E-state index >= 15 is 0 Å². The first-order valence-electron chi connectivity index (χ1n) is 3.70. The van der Waals surface area contributed by atoms with Gasteiger partial charge in [-0.25, -0.2) is 0 Å². The van der Waals surface area contributed by atoms with Gasteiger partial charge in [0.1, 0.15) is 0 Å². The van der Waals surface area contributed by atoms with E-state index in [1.807, 2.05) is 0 Å². The molecule has 0 aliphatic rings. The van der Waals surface area contributed by atoms with E-state index in [0.29, 0.717) is 13.0 Å². The van der Waals surface area contributed by atoms with Gasteiger partial charge in [0.2, 0.25) is 0 Å². The van der Waals surface area contributed by atoms with Crippen molar-refractivity contribution in [3.05, 3.63) is 9.81 Å². The summed E-state index contributed by atoms with van der Waals surface area (Å²) < 4.78 is 0. The molecule has 1 atom stereocenters. The molecule has 0 aromatic rings. The van der Waals surface area contributed by atoms with Crippen LogP contribution in [0.15, 0.2) is 10.6 Å². The van der Waals surface area contributed by atoms with Crippen molar-refractivity contribution in [1.82, 2.24) is 10.9 Å². The average Bonchev–Trinajstić information content (AvgIpc) is 2.05. The van der Waals surface area contributed by atoms with Gasteiger partial charge in [-0.1, -0.05) is 0 Å². The lowest BCUT2D eigenvalue weighted by molar-refractivity contribution is 0.478. The molecule has 0 aromatic carbocycles. The largest absolute Gasteiger partial charge is 0.310 e. The SMILES string of the molecule is NC(CCCCNN=O)NN=O. The quantitative estimate of drug-likeness (QED) is 0.208. The molecule has 0 radical (unpaired) electrons. The highest BCUT2D eigenvalue weighted by molar-refractivity contribution is 4.55. The van der Waals surface area contributed by atoms with Crippen molar-refractivity contribution in [3.8, 4) is 0 Å². The van der Waals surface area contributed by atoms with Crippen LogP contribution in [0.25, 0.3) is 0 Å². The van der Waals surface area contributed by atoms with Crippen molar-refractivity contribution in [1.29, 1.82) is 0 Å². The minimum atomic E-state index is -0.397. The van der Waals surface area contributed by atoms with Gasteiger partial charge < -0.3 is 5.73 Å². The zero-order valence-corrected chi connectivity index (χ0v) is 6.69. The Bertz CT molecular complexity index is 131. The third-order valence-electron chi connectivity index (χ3n) is 1.34. The molecule has 0 bridgehead atoms. The second-order valence-corrected chi connectivity index (χ2v) is 2.32. The van der Waals surface area contributed by atoms with Gasteiger partial charge in [0.15, 0.2) is 0 Å². The third kappa shape index (κ3) is 6.87. The first-order valence-corrected chi connectivity index (χ1v) is 3.70. The number of nitroso groups, excluding NO2 is 2.